The van der Waals surface area contributed by atoms with Crippen molar-refractivity contribution in [3.8, 4) is 5.75 Å². The summed E-state index contributed by atoms with van der Waals surface area (Å²) in [4.78, 5) is 23.8. The molecule has 0 fully saturated rings. The fourth-order valence-corrected chi connectivity index (χ4v) is 2.45. The molecule has 0 aliphatic heterocycles. The molecule has 2 rings (SSSR count). The van der Waals surface area contributed by atoms with E-state index in [4.69, 9.17) is 4.74 Å². The summed E-state index contributed by atoms with van der Waals surface area (Å²) in [6, 6.07) is 11.7. The van der Waals surface area contributed by atoms with Crippen LogP contribution >= 0.6 is 0 Å². The fourth-order valence-electron chi connectivity index (χ4n) is 2.45. The Morgan fingerprint density at radius 1 is 1.00 bits per heavy atom. The number of methoxy groups -OCH3 is 1. The van der Waals surface area contributed by atoms with Gasteiger partial charge < -0.3 is 4.74 Å². The Bertz CT molecular complexity index is 740. The lowest BCUT2D eigenvalue weighted by atomic mass is 9.97. The number of amides is 2. The van der Waals surface area contributed by atoms with Crippen molar-refractivity contribution in [3.05, 3.63) is 42.0 Å². The Hall–Kier alpha value is -2.56. The van der Waals surface area contributed by atoms with Crippen molar-refractivity contribution < 1.29 is 14.3 Å². The average molecular weight is 328 g/mol. The number of rotatable bonds is 5. The monoisotopic (exact) mass is 328 g/mol. The van der Waals surface area contributed by atoms with Gasteiger partial charge >= 0.3 is 0 Å². The summed E-state index contributed by atoms with van der Waals surface area (Å²) in [7, 11) is 1.63. The molecule has 0 bridgehead atoms. The topological polar surface area (TPSA) is 67.4 Å². The lowest BCUT2D eigenvalue weighted by Crippen LogP contribution is -2.43. The maximum absolute atomic E-state index is 12.2. The maximum Gasteiger partial charge on any atom is 0.245 e. The van der Waals surface area contributed by atoms with Crippen LogP contribution < -0.4 is 15.6 Å². The van der Waals surface area contributed by atoms with Crippen molar-refractivity contribution >= 4 is 22.6 Å². The van der Waals surface area contributed by atoms with E-state index in [1.807, 2.05) is 57.2 Å². The van der Waals surface area contributed by atoms with E-state index >= 15 is 0 Å². The number of fused-ring (bicyclic) bond motifs is 1. The standard InChI is InChI=1S/C19H24N2O3/c1-12(2)9-18(22)20-21-19(23)13(3)14-5-6-16-11-17(24-4)8-7-15(16)10-14/h5-8,10-13H,9H2,1-4H3,(H,20,22)(H,21,23)/t13-/m1/s1. The normalized spacial score (nSPS) is 12.0. The first-order valence-corrected chi connectivity index (χ1v) is 8.07. The minimum absolute atomic E-state index is 0.184. The van der Waals surface area contributed by atoms with E-state index in [1.54, 1.807) is 7.11 Å². The number of hydrazine groups is 1. The number of carbonyl (C=O) groups is 2. The van der Waals surface area contributed by atoms with E-state index in [2.05, 4.69) is 10.9 Å². The molecule has 24 heavy (non-hydrogen) atoms. The quantitative estimate of drug-likeness (QED) is 0.829. The summed E-state index contributed by atoms with van der Waals surface area (Å²) >= 11 is 0. The lowest BCUT2D eigenvalue weighted by Gasteiger charge is -2.14. The molecular formula is C19H24N2O3. The van der Waals surface area contributed by atoms with Crippen LogP contribution in [0.3, 0.4) is 0 Å². The number of hydrogen-bond donors (Lipinski definition) is 2. The highest BCUT2D eigenvalue weighted by Crippen LogP contribution is 2.25. The number of carbonyl (C=O) groups excluding carboxylic acids is 2. The smallest absolute Gasteiger partial charge is 0.245 e. The molecule has 0 heterocycles. The van der Waals surface area contributed by atoms with Crippen LogP contribution in [0.15, 0.2) is 36.4 Å². The molecule has 0 unspecified atom stereocenters. The minimum atomic E-state index is -0.365. The Morgan fingerprint density at radius 2 is 1.67 bits per heavy atom. The van der Waals surface area contributed by atoms with E-state index in [-0.39, 0.29) is 23.7 Å². The number of hydrogen-bond acceptors (Lipinski definition) is 3. The van der Waals surface area contributed by atoms with Gasteiger partial charge in [-0.15, -0.1) is 0 Å². The largest absolute Gasteiger partial charge is 0.497 e. The predicted molar refractivity (Wildman–Crippen MR) is 94.7 cm³/mol. The third-order valence-electron chi connectivity index (χ3n) is 3.88. The molecule has 0 radical (unpaired) electrons. The van der Waals surface area contributed by atoms with Crippen molar-refractivity contribution in [3.63, 3.8) is 0 Å². The molecule has 128 valence electrons. The molecule has 0 aliphatic carbocycles. The van der Waals surface area contributed by atoms with Gasteiger partial charge in [-0.1, -0.05) is 38.1 Å². The van der Waals surface area contributed by atoms with Crippen LogP contribution in [0.25, 0.3) is 10.8 Å². The third kappa shape index (κ3) is 4.47. The summed E-state index contributed by atoms with van der Waals surface area (Å²) in [5, 5.41) is 2.09. The zero-order chi connectivity index (χ0) is 17.7. The molecule has 5 nitrogen and oxygen atoms in total. The van der Waals surface area contributed by atoms with Gasteiger partial charge in [0.15, 0.2) is 0 Å². The van der Waals surface area contributed by atoms with E-state index in [0.717, 1.165) is 22.1 Å². The van der Waals surface area contributed by atoms with Gasteiger partial charge in [-0.3, -0.25) is 20.4 Å². The van der Waals surface area contributed by atoms with Gasteiger partial charge in [0.25, 0.3) is 0 Å². The van der Waals surface area contributed by atoms with Gasteiger partial charge in [0, 0.05) is 6.42 Å². The number of benzene rings is 2. The van der Waals surface area contributed by atoms with E-state index in [9.17, 15) is 9.59 Å². The predicted octanol–water partition coefficient (Wildman–Crippen LogP) is 3.15. The van der Waals surface area contributed by atoms with Gasteiger partial charge in [-0.05, 0) is 41.3 Å². The molecule has 0 saturated carbocycles. The molecular weight excluding hydrogens is 304 g/mol. The average Bonchev–Trinajstić information content (AvgIpc) is 2.57. The highest BCUT2D eigenvalue weighted by Gasteiger charge is 2.16. The van der Waals surface area contributed by atoms with Crippen LogP contribution in [-0.4, -0.2) is 18.9 Å². The van der Waals surface area contributed by atoms with Gasteiger partial charge in [0.2, 0.25) is 11.8 Å². The number of nitrogens with one attached hydrogen (secondary N) is 2. The van der Waals surface area contributed by atoms with E-state index in [1.165, 1.54) is 0 Å². The van der Waals surface area contributed by atoms with Crippen LogP contribution in [0.2, 0.25) is 0 Å². The lowest BCUT2D eigenvalue weighted by molar-refractivity contribution is -0.129. The molecule has 2 aromatic rings. The summed E-state index contributed by atoms with van der Waals surface area (Å²) in [6.07, 6.45) is 0.381. The molecule has 1 atom stereocenters. The second kappa shape index (κ2) is 7.81. The van der Waals surface area contributed by atoms with E-state index in [0.29, 0.717) is 6.42 Å². The minimum Gasteiger partial charge on any atom is -0.497 e. The summed E-state index contributed by atoms with van der Waals surface area (Å²) in [5.41, 5.74) is 5.85. The summed E-state index contributed by atoms with van der Waals surface area (Å²) in [6.45, 7) is 5.72. The van der Waals surface area contributed by atoms with Crippen molar-refractivity contribution in [2.45, 2.75) is 33.1 Å². The van der Waals surface area contributed by atoms with Gasteiger partial charge in [-0.2, -0.15) is 0 Å². The second-order valence-corrected chi connectivity index (χ2v) is 6.33. The first-order valence-electron chi connectivity index (χ1n) is 8.07. The van der Waals surface area contributed by atoms with Crippen LogP contribution in [0.5, 0.6) is 5.75 Å². The first kappa shape index (κ1) is 17.8. The van der Waals surface area contributed by atoms with Crippen molar-refractivity contribution in [1.82, 2.24) is 10.9 Å². The molecule has 0 aliphatic rings. The molecule has 2 amide bonds. The maximum atomic E-state index is 12.2. The Kier molecular flexibility index (Phi) is 5.79. The molecule has 2 aromatic carbocycles. The Balaban J connectivity index is 2.05. The fraction of sp³-hybridized carbons (Fsp3) is 0.368. The van der Waals surface area contributed by atoms with Crippen molar-refractivity contribution in [1.29, 1.82) is 0 Å². The van der Waals surface area contributed by atoms with Crippen LogP contribution in [-0.2, 0) is 9.59 Å². The summed E-state index contributed by atoms with van der Waals surface area (Å²) < 4.78 is 5.22. The zero-order valence-corrected chi connectivity index (χ0v) is 14.6. The molecule has 0 saturated heterocycles. The van der Waals surface area contributed by atoms with Crippen LogP contribution in [0.4, 0.5) is 0 Å². The molecule has 2 N–H and O–H groups in total. The van der Waals surface area contributed by atoms with Gasteiger partial charge in [-0.25, -0.2) is 0 Å². The van der Waals surface area contributed by atoms with Crippen LogP contribution in [0.1, 0.15) is 38.7 Å². The molecule has 5 heteroatoms. The molecule has 0 spiro atoms. The first-order chi connectivity index (χ1) is 11.4. The Morgan fingerprint density at radius 3 is 2.33 bits per heavy atom. The van der Waals surface area contributed by atoms with Crippen molar-refractivity contribution in [2.24, 2.45) is 5.92 Å². The van der Waals surface area contributed by atoms with Gasteiger partial charge in [0.05, 0.1) is 13.0 Å². The second-order valence-electron chi connectivity index (χ2n) is 6.33. The highest BCUT2D eigenvalue weighted by atomic mass is 16.5. The summed E-state index contributed by atoms with van der Waals surface area (Å²) in [5.74, 6) is 0.262. The zero-order valence-electron chi connectivity index (χ0n) is 14.6. The molecule has 0 aromatic heterocycles. The van der Waals surface area contributed by atoms with Gasteiger partial charge in [0.1, 0.15) is 5.75 Å². The highest BCUT2D eigenvalue weighted by molar-refractivity contribution is 5.89. The number of ether oxygens (including phenoxy) is 1. The third-order valence-corrected chi connectivity index (χ3v) is 3.88. The SMILES string of the molecule is COc1ccc2cc([C@@H](C)C(=O)NNC(=O)CC(C)C)ccc2c1. The van der Waals surface area contributed by atoms with Crippen molar-refractivity contribution in [2.75, 3.05) is 7.11 Å². The Labute approximate surface area is 142 Å². The van der Waals surface area contributed by atoms with E-state index < -0.39 is 0 Å². The van der Waals surface area contributed by atoms with Crippen LogP contribution in [0, 0.1) is 5.92 Å².